The van der Waals surface area contributed by atoms with Gasteiger partial charge < -0.3 is 15.8 Å². The first kappa shape index (κ1) is 16.0. The van der Waals surface area contributed by atoms with Crippen molar-refractivity contribution in [3.05, 3.63) is 65.7 Å². The van der Waals surface area contributed by atoms with Crippen LogP contribution in [0.1, 0.15) is 35.3 Å². The number of hydrogen-bond acceptors (Lipinski definition) is 3. The molecule has 22 heavy (non-hydrogen) atoms. The third-order valence-corrected chi connectivity index (χ3v) is 3.28. The van der Waals surface area contributed by atoms with E-state index in [2.05, 4.69) is 5.32 Å². The number of nitrogens with one attached hydrogen (secondary N) is 1. The maximum Gasteiger partial charge on any atom is 0.251 e. The molecule has 4 nitrogen and oxygen atoms in total. The van der Waals surface area contributed by atoms with Crippen molar-refractivity contribution < 1.29 is 9.53 Å². The van der Waals surface area contributed by atoms with Crippen molar-refractivity contribution in [3.63, 3.8) is 0 Å². The van der Waals surface area contributed by atoms with Gasteiger partial charge in [-0.3, -0.25) is 4.79 Å². The SMILES string of the molecule is CCCOc1cccc(C(=O)NCC(N)c2ccccc2)c1. The number of carbonyl (C=O) groups excluding carboxylic acids is 1. The third kappa shape index (κ3) is 4.60. The molecule has 0 bridgehead atoms. The van der Waals surface area contributed by atoms with Crippen molar-refractivity contribution in [2.75, 3.05) is 13.2 Å². The van der Waals surface area contributed by atoms with E-state index in [1.807, 2.05) is 49.4 Å². The van der Waals surface area contributed by atoms with E-state index in [9.17, 15) is 4.79 Å². The van der Waals surface area contributed by atoms with Gasteiger partial charge in [0.25, 0.3) is 5.91 Å². The Morgan fingerprint density at radius 2 is 1.95 bits per heavy atom. The summed E-state index contributed by atoms with van der Waals surface area (Å²) in [5.74, 6) is 0.565. The number of ether oxygens (including phenoxy) is 1. The molecule has 0 fully saturated rings. The first-order valence-corrected chi connectivity index (χ1v) is 7.52. The first-order valence-electron chi connectivity index (χ1n) is 7.52. The molecule has 4 heteroatoms. The Hall–Kier alpha value is -2.33. The molecule has 0 heterocycles. The Labute approximate surface area is 131 Å². The van der Waals surface area contributed by atoms with Gasteiger partial charge in [-0.05, 0) is 30.2 Å². The zero-order valence-corrected chi connectivity index (χ0v) is 12.8. The summed E-state index contributed by atoms with van der Waals surface area (Å²) < 4.78 is 5.54. The molecule has 0 spiro atoms. The first-order chi connectivity index (χ1) is 10.7. The van der Waals surface area contributed by atoms with Gasteiger partial charge in [-0.1, -0.05) is 43.3 Å². The van der Waals surface area contributed by atoms with Gasteiger partial charge in [0, 0.05) is 18.2 Å². The summed E-state index contributed by atoms with van der Waals surface area (Å²) >= 11 is 0. The van der Waals surface area contributed by atoms with Crippen molar-refractivity contribution >= 4 is 5.91 Å². The second-order valence-electron chi connectivity index (χ2n) is 5.10. The summed E-state index contributed by atoms with van der Waals surface area (Å²) in [4.78, 5) is 12.2. The highest BCUT2D eigenvalue weighted by atomic mass is 16.5. The second kappa shape index (κ2) is 8.20. The van der Waals surface area contributed by atoms with Crippen LogP contribution in [0.4, 0.5) is 0 Å². The molecular weight excluding hydrogens is 276 g/mol. The van der Waals surface area contributed by atoms with Crippen molar-refractivity contribution in [1.29, 1.82) is 0 Å². The van der Waals surface area contributed by atoms with E-state index >= 15 is 0 Å². The summed E-state index contributed by atoms with van der Waals surface area (Å²) in [6, 6.07) is 16.7. The summed E-state index contributed by atoms with van der Waals surface area (Å²) in [6.45, 7) is 3.08. The molecule has 1 unspecified atom stereocenters. The highest BCUT2D eigenvalue weighted by Gasteiger charge is 2.10. The molecule has 0 aliphatic rings. The fourth-order valence-corrected chi connectivity index (χ4v) is 2.07. The average Bonchev–Trinajstić information content (AvgIpc) is 2.58. The summed E-state index contributed by atoms with van der Waals surface area (Å²) in [5, 5.41) is 2.86. The normalized spacial score (nSPS) is 11.7. The summed E-state index contributed by atoms with van der Waals surface area (Å²) in [7, 11) is 0. The number of carbonyl (C=O) groups is 1. The van der Waals surface area contributed by atoms with Gasteiger partial charge in [0.05, 0.1) is 6.61 Å². The zero-order valence-electron chi connectivity index (χ0n) is 12.8. The molecular formula is C18H22N2O2. The molecule has 0 aliphatic heterocycles. The minimum Gasteiger partial charge on any atom is -0.494 e. The van der Waals surface area contributed by atoms with Crippen LogP contribution in [-0.2, 0) is 0 Å². The second-order valence-corrected chi connectivity index (χ2v) is 5.10. The van der Waals surface area contributed by atoms with Crippen molar-refractivity contribution in [2.45, 2.75) is 19.4 Å². The lowest BCUT2D eigenvalue weighted by Crippen LogP contribution is -2.31. The minimum atomic E-state index is -0.218. The van der Waals surface area contributed by atoms with Gasteiger partial charge in [-0.15, -0.1) is 0 Å². The number of rotatable bonds is 7. The van der Waals surface area contributed by atoms with Crippen LogP contribution in [-0.4, -0.2) is 19.1 Å². The Balaban J connectivity index is 1.92. The number of amides is 1. The van der Waals surface area contributed by atoms with Crippen LogP contribution < -0.4 is 15.8 Å². The van der Waals surface area contributed by atoms with Crippen LogP contribution in [0.15, 0.2) is 54.6 Å². The maximum absolute atomic E-state index is 12.2. The van der Waals surface area contributed by atoms with Crippen molar-refractivity contribution in [2.24, 2.45) is 5.73 Å². The van der Waals surface area contributed by atoms with E-state index in [0.717, 1.165) is 12.0 Å². The molecule has 1 atom stereocenters. The molecule has 0 aliphatic carbocycles. The van der Waals surface area contributed by atoms with Crippen LogP contribution in [0.3, 0.4) is 0 Å². The van der Waals surface area contributed by atoms with Gasteiger partial charge >= 0.3 is 0 Å². The van der Waals surface area contributed by atoms with Crippen LogP contribution >= 0.6 is 0 Å². The van der Waals surface area contributed by atoms with Crippen LogP contribution in [0.25, 0.3) is 0 Å². The number of nitrogens with two attached hydrogens (primary N) is 1. The summed E-state index contributed by atoms with van der Waals surface area (Å²) in [5.41, 5.74) is 7.66. The van der Waals surface area contributed by atoms with Gasteiger partial charge in [-0.25, -0.2) is 0 Å². The fourth-order valence-electron chi connectivity index (χ4n) is 2.07. The molecule has 116 valence electrons. The minimum absolute atomic E-state index is 0.145. The van der Waals surface area contributed by atoms with Crippen molar-refractivity contribution in [3.8, 4) is 5.75 Å². The molecule has 0 aromatic heterocycles. The number of hydrogen-bond donors (Lipinski definition) is 2. The standard InChI is InChI=1S/C18H22N2O2/c1-2-11-22-16-10-6-9-15(12-16)18(21)20-13-17(19)14-7-4-3-5-8-14/h3-10,12,17H,2,11,13,19H2,1H3,(H,20,21). The molecule has 1 amide bonds. The number of benzene rings is 2. The molecule has 2 aromatic rings. The molecule has 2 rings (SSSR count). The monoisotopic (exact) mass is 298 g/mol. The van der Waals surface area contributed by atoms with E-state index in [-0.39, 0.29) is 11.9 Å². The summed E-state index contributed by atoms with van der Waals surface area (Å²) in [6.07, 6.45) is 0.933. The smallest absolute Gasteiger partial charge is 0.251 e. The van der Waals surface area contributed by atoms with Crippen LogP contribution in [0.2, 0.25) is 0 Å². The van der Waals surface area contributed by atoms with E-state index in [4.69, 9.17) is 10.5 Å². The maximum atomic E-state index is 12.2. The lowest BCUT2D eigenvalue weighted by Gasteiger charge is -2.13. The average molecular weight is 298 g/mol. The van der Waals surface area contributed by atoms with Gasteiger partial charge in [-0.2, -0.15) is 0 Å². The van der Waals surface area contributed by atoms with E-state index < -0.39 is 0 Å². The van der Waals surface area contributed by atoms with Crippen LogP contribution in [0, 0.1) is 0 Å². The zero-order chi connectivity index (χ0) is 15.8. The van der Waals surface area contributed by atoms with Gasteiger partial charge in [0.2, 0.25) is 0 Å². The Kier molecular flexibility index (Phi) is 5.98. The molecule has 0 saturated heterocycles. The Morgan fingerprint density at radius 1 is 1.18 bits per heavy atom. The van der Waals surface area contributed by atoms with Gasteiger partial charge in [0.1, 0.15) is 5.75 Å². The van der Waals surface area contributed by atoms with E-state index in [1.54, 1.807) is 12.1 Å². The molecule has 3 N–H and O–H groups in total. The Morgan fingerprint density at radius 3 is 2.68 bits per heavy atom. The Bertz CT molecular complexity index is 599. The quantitative estimate of drug-likeness (QED) is 0.826. The highest BCUT2D eigenvalue weighted by Crippen LogP contribution is 2.14. The molecule has 2 aromatic carbocycles. The predicted molar refractivity (Wildman–Crippen MR) is 87.9 cm³/mol. The lowest BCUT2D eigenvalue weighted by atomic mass is 10.1. The van der Waals surface area contributed by atoms with E-state index in [0.29, 0.717) is 24.5 Å². The largest absolute Gasteiger partial charge is 0.494 e. The van der Waals surface area contributed by atoms with Crippen molar-refractivity contribution in [1.82, 2.24) is 5.32 Å². The lowest BCUT2D eigenvalue weighted by molar-refractivity contribution is 0.0950. The van der Waals surface area contributed by atoms with Gasteiger partial charge in [0.15, 0.2) is 0 Å². The fraction of sp³-hybridized carbons (Fsp3) is 0.278. The third-order valence-electron chi connectivity index (χ3n) is 3.28. The molecule has 0 saturated carbocycles. The predicted octanol–water partition coefficient (Wildman–Crippen LogP) is 2.91. The van der Waals surface area contributed by atoms with Crippen LogP contribution in [0.5, 0.6) is 5.75 Å². The molecule has 0 radical (unpaired) electrons. The van der Waals surface area contributed by atoms with E-state index in [1.165, 1.54) is 0 Å². The topological polar surface area (TPSA) is 64.3 Å². The highest BCUT2D eigenvalue weighted by molar-refractivity contribution is 5.94.